The average Bonchev–Trinajstić information content (AvgIpc) is 2.64. The highest BCUT2D eigenvalue weighted by Gasteiger charge is 2.22. The van der Waals surface area contributed by atoms with Crippen molar-refractivity contribution in [3.63, 3.8) is 0 Å². The first-order chi connectivity index (χ1) is 11.7. The highest BCUT2D eigenvalue weighted by molar-refractivity contribution is 9.10. The maximum Gasteiger partial charge on any atom is 0.227 e. The molecule has 0 spiro atoms. The van der Waals surface area contributed by atoms with Crippen molar-refractivity contribution in [3.8, 4) is 5.75 Å². The number of hydrogen-bond donors (Lipinski definition) is 0. The predicted octanol–water partition coefficient (Wildman–Crippen LogP) is 3.35. The SMILES string of the molecule is COc1cccc(N2CCN(C(=O)Cc3ccccc3Br)CC2)c1. The van der Waals surface area contributed by atoms with E-state index in [0.29, 0.717) is 6.42 Å². The Kier molecular flexibility index (Phi) is 5.41. The summed E-state index contributed by atoms with van der Waals surface area (Å²) in [6.07, 6.45) is 0.445. The van der Waals surface area contributed by atoms with Crippen LogP contribution in [0.1, 0.15) is 5.56 Å². The smallest absolute Gasteiger partial charge is 0.227 e. The third kappa shape index (κ3) is 3.90. The second-order valence-electron chi connectivity index (χ2n) is 5.84. The second-order valence-corrected chi connectivity index (χ2v) is 6.69. The van der Waals surface area contributed by atoms with Crippen molar-refractivity contribution in [2.24, 2.45) is 0 Å². The summed E-state index contributed by atoms with van der Waals surface area (Å²) in [5, 5.41) is 0. The maximum absolute atomic E-state index is 12.5. The molecule has 1 aliphatic heterocycles. The predicted molar refractivity (Wildman–Crippen MR) is 99.6 cm³/mol. The van der Waals surface area contributed by atoms with Crippen molar-refractivity contribution in [3.05, 3.63) is 58.6 Å². The van der Waals surface area contributed by atoms with Gasteiger partial charge in [0, 0.05) is 42.4 Å². The van der Waals surface area contributed by atoms with Crippen LogP contribution in [-0.4, -0.2) is 44.1 Å². The Morgan fingerprint density at radius 1 is 1.08 bits per heavy atom. The molecule has 2 aromatic rings. The molecule has 1 saturated heterocycles. The molecule has 0 N–H and O–H groups in total. The quantitative estimate of drug-likeness (QED) is 0.804. The molecule has 3 rings (SSSR count). The first-order valence-corrected chi connectivity index (χ1v) is 8.87. The molecule has 0 saturated carbocycles. The van der Waals surface area contributed by atoms with E-state index in [-0.39, 0.29) is 5.91 Å². The molecule has 4 nitrogen and oxygen atoms in total. The summed E-state index contributed by atoms with van der Waals surface area (Å²) < 4.78 is 6.28. The molecule has 0 unspecified atom stereocenters. The minimum atomic E-state index is 0.187. The van der Waals surface area contributed by atoms with Gasteiger partial charge in [0.2, 0.25) is 5.91 Å². The number of rotatable bonds is 4. The van der Waals surface area contributed by atoms with Crippen molar-refractivity contribution in [1.29, 1.82) is 0 Å². The summed E-state index contributed by atoms with van der Waals surface area (Å²) in [5.74, 6) is 1.05. The van der Waals surface area contributed by atoms with Crippen molar-refractivity contribution >= 4 is 27.5 Å². The first-order valence-electron chi connectivity index (χ1n) is 8.07. The molecule has 1 amide bonds. The van der Waals surface area contributed by atoms with E-state index in [1.165, 1.54) is 0 Å². The zero-order valence-corrected chi connectivity index (χ0v) is 15.3. The van der Waals surface area contributed by atoms with Crippen LogP contribution in [-0.2, 0) is 11.2 Å². The third-order valence-electron chi connectivity index (χ3n) is 4.35. The monoisotopic (exact) mass is 388 g/mol. The largest absolute Gasteiger partial charge is 0.497 e. The van der Waals surface area contributed by atoms with E-state index >= 15 is 0 Å². The molecule has 1 aliphatic rings. The molecule has 2 aromatic carbocycles. The van der Waals surface area contributed by atoms with Crippen molar-refractivity contribution in [1.82, 2.24) is 4.90 Å². The second kappa shape index (κ2) is 7.71. The Balaban J connectivity index is 1.58. The molecular weight excluding hydrogens is 368 g/mol. The fraction of sp³-hybridized carbons (Fsp3) is 0.316. The standard InChI is InChI=1S/C19H21BrN2O2/c1-24-17-7-4-6-16(14-17)21-9-11-22(12-10-21)19(23)13-15-5-2-3-8-18(15)20/h2-8,14H,9-13H2,1H3. The fourth-order valence-corrected chi connectivity index (χ4v) is 3.36. The van der Waals surface area contributed by atoms with E-state index in [1.54, 1.807) is 7.11 Å². The van der Waals surface area contributed by atoms with Crippen LogP contribution >= 0.6 is 15.9 Å². The van der Waals surface area contributed by atoms with Crippen molar-refractivity contribution in [2.75, 3.05) is 38.2 Å². The lowest BCUT2D eigenvalue weighted by Crippen LogP contribution is -2.49. The molecule has 0 atom stereocenters. The number of carbonyl (C=O) groups is 1. The van der Waals surface area contributed by atoms with Gasteiger partial charge in [-0.15, -0.1) is 0 Å². The number of anilines is 1. The van der Waals surface area contributed by atoms with Crippen LogP contribution in [0.3, 0.4) is 0 Å². The minimum absolute atomic E-state index is 0.187. The number of amides is 1. The zero-order valence-electron chi connectivity index (χ0n) is 13.7. The van der Waals surface area contributed by atoms with Gasteiger partial charge < -0.3 is 14.5 Å². The number of hydrogen-bond acceptors (Lipinski definition) is 3. The molecule has 0 radical (unpaired) electrons. The Labute approximate surface area is 151 Å². The Morgan fingerprint density at radius 2 is 1.83 bits per heavy atom. The van der Waals surface area contributed by atoms with Gasteiger partial charge in [-0.3, -0.25) is 4.79 Å². The molecule has 1 heterocycles. The van der Waals surface area contributed by atoms with Crippen LogP contribution < -0.4 is 9.64 Å². The molecule has 0 bridgehead atoms. The van der Waals surface area contributed by atoms with Gasteiger partial charge >= 0.3 is 0 Å². The summed E-state index contributed by atoms with van der Waals surface area (Å²) in [4.78, 5) is 16.8. The Morgan fingerprint density at radius 3 is 2.54 bits per heavy atom. The average molecular weight is 389 g/mol. The molecule has 5 heteroatoms. The number of carbonyl (C=O) groups excluding carboxylic acids is 1. The summed E-state index contributed by atoms with van der Waals surface area (Å²) >= 11 is 3.51. The van der Waals surface area contributed by atoms with Crippen LogP contribution in [0.25, 0.3) is 0 Å². The lowest BCUT2D eigenvalue weighted by Gasteiger charge is -2.36. The fourth-order valence-electron chi connectivity index (χ4n) is 2.94. The summed E-state index contributed by atoms with van der Waals surface area (Å²) in [5.41, 5.74) is 2.19. The number of halogens is 1. The molecular formula is C19H21BrN2O2. The van der Waals surface area contributed by atoms with Gasteiger partial charge in [0.05, 0.1) is 13.5 Å². The number of ether oxygens (including phenoxy) is 1. The molecule has 24 heavy (non-hydrogen) atoms. The normalized spacial score (nSPS) is 14.6. The van der Waals surface area contributed by atoms with Gasteiger partial charge in [-0.2, -0.15) is 0 Å². The van der Waals surface area contributed by atoms with Crippen molar-refractivity contribution < 1.29 is 9.53 Å². The highest BCUT2D eigenvalue weighted by Crippen LogP contribution is 2.23. The number of methoxy groups -OCH3 is 1. The van der Waals surface area contributed by atoms with Gasteiger partial charge in [-0.1, -0.05) is 40.2 Å². The van der Waals surface area contributed by atoms with Crippen LogP contribution in [0.2, 0.25) is 0 Å². The van der Waals surface area contributed by atoms with Gasteiger partial charge in [0.25, 0.3) is 0 Å². The maximum atomic E-state index is 12.5. The minimum Gasteiger partial charge on any atom is -0.497 e. The molecule has 0 aromatic heterocycles. The van der Waals surface area contributed by atoms with E-state index in [1.807, 2.05) is 47.4 Å². The van der Waals surface area contributed by atoms with Crippen LogP contribution in [0.15, 0.2) is 53.0 Å². The Hall–Kier alpha value is -2.01. The molecule has 0 aliphatic carbocycles. The summed E-state index contributed by atoms with van der Waals surface area (Å²) in [6.45, 7) is 3.19. The van der Waals surface area contributed by atoms with E-state index in [9.17, 15) is 4.79 Å². The lowest BCUT2D eigenvalue weighted by atomic mass is 10.1. The van der Waals surface area contributed by atoms with E-state index in [4.69, 9.17) is 4.74 Å². The van der Waals surface area contributed by atoms with Gasteiger partial charge in [0.1, 0.15) is 5.75 Å². The van der Waals surface area contributed by atoms with Crippen LogP contribution in [0, 0.1) is 0 Å². The van der Waals surface area contributed by atoms with Gasteiger partial charge in [-0.25, -0.2) is 0 Å². The van der Waals surface area contributed by atoms with E-state index in [0.717, 1.165) is 47.7 Å². The number of benzene rings is 2. The van der Waals surface area contributed by atoms with Gasteiger partial charge in [0.15, 0.2) is 0 Å². The lowest BCUT2D eigenvalue weighted by molar-refractivity contribution is -0.130. The first kappa shape index (κ1) is 16.8. The molecule has 1 fully saturated rings. The summed E-state index contributed by atoms with van der Waals surface area (Å²) in [7, 11) is 1.68. The van der Waals surface area contributed by atoms with E-state index < -0.39 is 0 Å². The van der Waals surface area contributed by atoms with Crippen molar-refractivity contribution in [2.45, 2.75) is 6.42 Å². The van der Waals surface area contributed by atoms with E-state index in [2.05, 4.69) is 26.9 Å². The van der Waals surface area contributed by atoms with Gasteiger partial charge in [-0.05, 0) is 23.8 Å². The number of piperazine rings is 1. The molecule has 126 valence electrons. The number of nitrogens with zero attached hydrogens (tertiary/aromatic N) is 2. The zero-order chi connectivity index (χ0) is 16.9. The highest BCUT2D eigenvalue weighted by atomic mass is 79.9. The Bertz CT molecular complexity index is 712. The topological polar surface area (TPSA) is 32.8 Å². The van der Waals surface area contributed by atoms with Crippen LogP contribution in [0.5, 0.6) is 5.75 Å². The van der Waals surface area contributed by atoms with Crippen LogP contribution in [0.4, 0.5) is 5.69 Å². The summed E-state index contributed by atoms with van der Waals surface area (Å²) in [6, 6.07) is 16.0. The third-order valence-corrected chi connectivity index (χ3v) is 5.12.